The van der Waals surface area contributed by atoms with Crippen molar-refractivity contribution in [2.45, 2.75) is 0 Å². The lowest BCUT2D eigenvalue weighted by molar-refractivity contribution is -0.112. The second kappa shape index (κ2) is 3.65. The van der Waals surface area contributed by atoms with E-state index in [4.69, 9.17) is 11.1 Å². The Labute approximate surface area is 89.6 Å². The lowest BCUT2D eigenvalue weighted by Gasteiger charge is -1.90. The van der Waals surface area contributed by atoms with Crippen LogP contribution in [-0.2, 0) is 4.79 Å². The fourth-order valence-electron chi connectivity index (χ4n) is 1.20. The van der Waals surface area contributed by atoms with Crippen LogP contribution in [0.2, 0.25) is 0 Å². The zero-order chi connectivity index (χ0) is 10.8. The van der Waals surface area contributed by atoms with Gasteiger partial charge in [0.2, 0.25) is 0 Å². The lowest BCUT2D eigenvalue weighted by Crippen LogP contribution is -2.13. The molecule has 4 nitrogen and oxygen atoms in total. The lowest BCUT2D eigenvalue weighted by atomic mass is 10.3. The number of para-hydroxylation sites is 1. The number of amides is 1. The predicted molar refractivity (Wildman–Crippen MR) is 59.9 cm³/mol. The number of nitrogens with one attached hydrogen (secondary N) is 1. The number of carbonyl (C=O) groups is 1. The Hall–Kier alpha value is -1.97. The van der Waals surface area contributed by atoms with Crippen LogP contribution >= 0.6 is 11.3 Å². The second-order valence-corrected chi connectivity index (χ2v) is 3.88. The molecule has 0 aliphatic heterocycles. The number of nitrogens with zero attached hydrogens (tertiary/aromatic N) is 1. The highest BCUT2D eigenvalue weighted by Crippen LogP contribution is 2.25. The number of hydrogen-bond donors (Lipinski definition) is 2. The van der Waals surface area contributed by atoms with Gasteiger partial charge < -0.3 is 5.73 Å². The highest BCUT2D eigenvalue weighted by Gasteiger charge is 2.13. The predicted octanol–water partition coefficient (Wildman–Crippen LogP) is 1.41. The number of benzene rings is 1. The molecule has 0 saturated heterocycles. The van der Waals surface area contributed by atoms with Crippen LogP contribution in [0.4, 0.5) is 0 Å². The summed E-state index contributed by atoms with van der Waals surface area (Å²) in [6.07, 6.45) is 0. The maximum absolute atomic E-state index is 11.0. The summed E-state index contributed by atoms with van der Waals surface area (Å²) < 4.78 is 0.960. The van der Waals surface area contributed by atoms with Crippen molar-refractivity contribution in [1.29, 1.82) is 5.41 Å². The molecule has 0 fully saturated rings. The Bertz CT molecular complexity index is 548. The standard InChI is InChI=1S/C10H7N3OS/c11-5-6(9(12)14)10-13-7-3-1-2-4-8(7)15-10/h1-4,11H,(H2,12,14). The summed E-state index contributed by atoms with van der Waals surface area (Å²) in [6, 6.07) is 7.50. The van der Waals surface area contributed by atoms with E-state index in [-0.39, 0.29) is 5.57 Å². The van der Waals surface area contributed by atoms with Crippen molar-refractivity contribution in [2.24, 2.45) is 5.73 Å². The van der Waals surface area contributed by atoms with E-state index in [2.05, 4.69) is 4.98 Å². The molecular formula is C10H7N3OS. The van der Waals surface area contributed by atoms with Crippen LogP contribution in [0, 0.1) is 5.41 Å². The average Bonchev–Trinajstić information content (AvgIpc) is 2.61. The maximum Gasteiger partial charge on any atom is 0.261 e. The number of nitrogens with two attached hydrogens (primary N) is 1. The van der Waals surface area contributed by atoms with Crippen molar-refractivity contribution in [3.8, 4) is 0 Å². The van der Waals surface area contributed by atoms with E-state index >= 15 is 0 Å². The van der Waals surface area contributed by atoms with Gasteiger partial charge in [-0.15, -0.1) is 11.3 Å². The van der Waals surface area contributed by atoms with Gasteiger partial charge in [-0.3, -0.25) is 10.2 Å². The number of rotatable bonds is 2. The van der Waals surface area contributed by atoms with Crippen molar-refractivity contribution in [3.63, 3.8) is 0 Å². The molecule has 0 aliphatic carbocycles. The van der Waals surface area contributed by atoms with Gasteiger partial charge in [-0.1, -0.05) is 12.1 Å². The Morgan fingerprint density at radius 3 is 2.80 bits per heavy atom. The molecule has 5 heteroatoms. The molecule has 3 N–H and O–H groups in total. The van der Waals surface area contributed by atoms with E-state index in [0.717, 1.165) is 10.2 Å². The van der Waals surface area contributed by atoms with Crippen LogP contribution in [0.5, 0.6) is 0 Å². The molecule has 0 aliphatic rings. The van der Waals surface area contributed by atoms with Gasteiger partial charge in [0.15, 0.2) is 0 Å². The van der Waals surface area contributed by atoms with E-state index in [0.29, 0.717) is 5.01 Å². The van der Waals surface area contributed by atoms with Gasteiger partial charge in [0.05, 0.1) is 10.2 Å². The summed E-state index contributed by atoms with van der Waals surface area (Å²) in [6.45, 7) is 0. The summed E-state index contributed by atoms with van der Waals surface area (Å²) >= 11 is 1.33. The summed E-state index contributed by atoms with van der Waals surface area (Å²) in [7, 11) is 0. The molecule has 74 valence electrons. The van der Waals surface area contributed by atoms with Crippen LogP contribution in [0.15, 0.2) is 24.3 Å². The minimum Gasteiger partial charge on any atom is -0.365 e. The fraction of sp³-hybridized carbons (Fsp3) is 0. The fourth-order valence-corrected chi connectivity index (χ4v) is 2.17. The van der Waals surface area contributed by atoms with Gasteiger partial charge in [-0.05, 0) is 18.0 Å². The molecule has 2 aromatic rings. The zero-order valence-electron chi connectivity index (χ0n) is 7.65. The van der Waals surface area contributed by atoms with Crippen molar-refractivity contribution < 1.29 is 4.79 Å². The molecule has 2 rings (SSSR count). The first-order valence-electron chi connectivity index (χ1n) is 4.18. The maximum atomic E-state index is 11.0. The SMILES string of the molecule is N=C=C(C(N)=O)c1nc2ccccc2s1. The van der Waals surface area contributed by atoms with Crippen molar-refractivity contribution in [1.82, 2.24) is 4.98 Å². The van der Waals surface area contributed by atoms with Crippen molar-refractivity contribution in [2.75, 3.05) is 0 Å². The zero-order valence-corrected chi connectivity index (χ0v) is 8.47. The molecule has 0 saturated carbocycles. The smallest absolute Gasteiger partial charge is 0.261 e. The molecule has 1 aromatic carbocycles. The third kappa shape index (κ3) is 1.66. The van der Waals surface area contributed by atoms with Crippen molar-refractivity contribution in [3.05, 3.63) is 29.3 Å². The molecule has 0 bridgehead atoms. The highest BCUT2D eigenvalue weighted by atomic mass is 32.1. The second-order valence-electron chi connectivity index (χ2n) is 2.85. The summed E-state index contributed by atoms with van der Waals surface area (Å²) in [4.78, 5) is 15.2. The molecule has 0 radical (unpaired) electrons. The summed E-state index contributed by atoms with van der Waals surface area (Å²) in [5, 5.41) is 7.42. The van der Waals surface area contributed by atoms with E-state index < -0.39 is 5.91 Å². The molecule has 0 spiro atoms. The Morgan fingerprint density at radius 2 is 2.20 bits per heavy atom. The Balaban J connectivity index is 2.63. The van der Waals surface area contributed by atoms with E-state index in [9.17, 15) is 4.79 Å². The van der Waals surface area contributed by atoms with Gasteiger partial charge in [-0.2, -0.15) is 0 Å². The number of thiazole rings is 1. The number of fused-ring (bicyclic) bond motifs is 1. The summed E-state index contributed by atoms with van der Waals surface area (Å²) in [5.74, 6) is 1.34. The molecule has 1 aromatic heterocycles. The number of carbonyl (C=O) groups excluding carboxylic acids is 1. The minimum atomic E-state index is -0.677. The monoisotopic (exact) mass is 217 g/mol. The molecule has 15 heavy (non-hydrogen) atoms. The van der Waals surface area contributed by atoms with Gasteiger partial charge in [0, 0.05) is 0 Å². The van der Waals surface area contributed by atoms with Crippen molar-refractivity contribution >= 4 is 38.9 Å². The molecule has 0 atom stereocenters. The van der Waals surface area contributed by atoms with Crippen LogP contribution in [0.25, 0.3) is 15.8 Å². The normalized spacial score (nSPS) is 9.87. The number of primary amides is 1. The first-order valence-corrected chi connectivity index (χ1v) is 4.99. The topological polar surface area (TPSA) is 79.8 Å². The van der Waals surface area contributed by atoms with Crippen LogP contribution in [0.1, 0.15) is 5.01 Å². The average molecular weight is 217 g/mol. The summed E-state index contributed by atoms with van der Waals surface area (Å²) in [5.41, 5.74) is 5.93. The quantitative estimate of drug-likeness (QED) is 0.589. The first-order chi connectivity index (χ1) is 7.22. The van der Waals surface area contributed by atoms with Gasteiger partial charge >= 0.3 is 0 Å². The van der Waals surface area contributed by atoms with E-state index in [1.807, 2.05) is 30.1 Å². The molecule has 1 amide bonds. The van der Waals surface area contributed by atoms with Crippen LogP contribution in [-0.4, -0.2) is 16.8 Å². The van der Waals surface area contributed by atoms with Crippen LogP contribution in [0.3, 0.4) is 0 Å². The Morgan fingerprint density at radius 1 is 1.47 bits per heavy atom. The van der Waals surface area contributed by atoms with Gasteiger partial charge in [0.1, 0.15) is 10.6 Å². The molecular weight excluding hydrogens is 210 g/mol. The third-order valence-electron chi connectivity index (χ3n) is 1.88. The van der Waals surface area contributed by atoms with Crippen LogP contribution < -0.4 is 5.73 Å². The highest BCUT2D eigenvalue weighted by molar-refractivity contribution is 7.20. The minimum absolute atomic E-state index is 0.0243. The number of hydrogen-bond acceptors (Lipinski definition) is 4. The molecule has 0 unspecified atom stereocenters. The van der Waals surface area contributed by atoms with E-state index in [1.165, 1.54) is 11.3 Å². The van der Waals surface area contributed by atoms with Gasteiger partial charge in [-0.25, -0.2) is 4.98 Å². The Kier molecular flexibility index (Phi) is 2.33. The van der Waals surface area contributed by atoms with Gasteiger partial charge in [0.25, 0.3) is 5.91 Å². The largest absolute Gasteiger partial charge is 0.365 e. The third-order valence-corrected chi connectivity index (χ3v) is 2.93. The van der Waals surface area contributed by atoms with E-state index in [1.54, 1.807) is 0 Å². The number of aromatic nitrogens is 1. The first kappa shape index (κ1) is 9.58. The molecule has 1 heterocycles.